The van der Waals surface area contributed by atoms with Crippen LogP contribution in [0.1, 0.15) is 39.7 Å². The first-order chi connectivity index (χ1) is 15.2. The Morgan fingerprint density at radius 3 is 2.06 bits per heavy atom. The summed E-state index contributed by atoms with van der Waals surface area (Å²) in [6.45, 7) is 8.27. The van der Waals surface area contributed by atoms with Crippen LogP contribution in [0.4, 0.5) is 0 Å². The van der Waals surface area contributed by atoms with Gasteiger partial charge in [-0.1, -0.05) is 63.2 Å². The Hall–Kier alpha value is -2.97. The summed E-state index contributed by atoms with van der Waals surface area (Å²) in [6, 6.07) is 13.7. The molecule has 1 atom stereocenters. The second-order valence-electron chi connectivity index (χ2n) is 7.76. The van der Waals surface area contributed by atoms with E-state index < -0.39 is 17.7 Å². The molecule has 0 radical (unpaired) electrons. The SMILES string of the molecule is CC(C)C.CCO.CNC(=O)CNC(=O)C(CC(=O)NO)Cc1ccc2ccccc2c1. The molecule has 2 aromatic carbocycles. The average Bonchev–Trinajstić information content (AvgIpc) is 2.76. The molecule has 2 rings (SSSR count). The predicted molar refractivity (Wildman–Crippen MR) is 126 cm³/mol. The largest absolute Gasteiger partial charge is 0.397 e. The van der Waals surface area contributed by atoms with Gasteiger partial charge in [-0.3, -0.25) is 19.6 Å². The van der Waals surface area contributed by atoms with Crippen molar-refractivity contribution in [1.82, 2.24) is 16.1 Å². The second-order valence-corrected chi connectivity index (χ2v) is 7.76. The molecule has 0 heterocycles. The minimum absolute atomic E-state index is 0.162. The summed E-state index contributed by atoms with van der Waals surface area (Å²) in [4.78, 5) is 35.1. The highest BCUT2D eigenvalue weighted by atomic mass is 16.5. The van der Waals surface area contributed by atoms with E-state index in [-0.39, 0.29) is 25.5 Å². The number of amides is 3. The zero-order valence-electron chi connectivity index (χ0n) is 19.6. The fraction of sp³-hybridized carbons (Fsp3) is 0.458. The first-order valence-corrected chi connectivity index (χ1v) is 10.7. The van der Waals surface area contributed by atoms with E-state index in [1.54, 1.807) is 12.4 Å². The lowest BCUT2D eigenvalue weighted by molar-refractivity contribution is -0.135. The molecular formula is C24H37N3O5. The molecule has 8 nitrogen and oxygen atoms in total. The van der Waals surface area contributed by atoms with Crippen molar-refractivity contribution in [2.24, 2.45) is 11.8 Å². The van der Waals surface area contributed by atoms with Crippen molar-refractivity contribution in [3.8, 4) is 0 Å². The zero-order chi connectivity index (χ0) is 24.5. The molecule has 178 valence electrons. The van der Waals surface area contributed by atoms with Crippen molar-refractivity contribution in [1.29, 1.82) is 0 Å². The number of hydroxylamine groups is 1. The molecule has 0 aliphatic rings. The third kappa shape index (κ3) is 12.7. The molecule has 0 spiro atoms. The lowest BCUT2D eigenvalue weighted by Crippen LogP contribution is -2.40. The van der Waals surface area contributed by atoms with E-state index in [9.17, 15) is 14.4 Å². The molecular weight excluding hydrogens is 410 g/mol. The molecule has 32 heavy (non-hydrogen) atoms. The van der Waals surface area contributed by atoms with Crippen LogP contribution in [0.2, 0.25) is 0 Å². The smallest absolute Gasteiger partial charge is 0.244 e. The number of carbonyl (C=O) groups is 3. The summed E-state index contributed by atoms with van der Waals surface area (Å²) in [5.74, 6) is -1.26. The molecule has 0 aliphatic carbocycles. The lowest BCUT2D eigenvalue weighted by atomic mass is 9.93. The van der Waals surface area contributed by atoms with Crippen molar-refractivity contribution in [3.05, 3.63) is 48.0 Å². The number of hydrogen-bond acceptors (Lipinski definition) is 5. The summed E-state index contributed by atoms with van der Waals surface area (Å²) >= 11 is 0. The lowest BCUT2D eigenvalue weighted by Gasteiger charge is -2.16. The van der Waals surface area contributed by atoms with Crippen LogP contribution in [0.15, 0.2) is 42.5 Å². The maximum Gasteiger partial charge on any atom is 0.244 e. The molecule has 1 unspecified atom stereocenters. The highest BCUT2D eigenvalue weighted by Gasteiger charge is 2.22. The van der Waals surface area contributed by atoms with Crippen LogP contribution < -0.4 is 16.1 Å². The normalized spacial score (nSPS) is 10.8. The van der Waals surface area contributed by atoms with E-state index in [2.05, 4.69) is 31.4 Å². The van der Waals surface area contributed by atoms with E-state index >= 15 is 0 Å². The summed E-state index contributed by atoms with van der Waals surface area (Å²) < 4.78 is 0. The van der Waals surface area contributed by atoms with Gasteiger partial charge in [0.15, 0.2) is 0 Å². The molecule has 0 aliphatic heterocycles. The monoisotopic (exact) mass is 447 g/mol. The van der Waals surface area contributed by atoms with Gasteiger partial charge in [0.1, 0.15) is 0 Å². The zero-order valence-corrected chi connectivity index (χ0v) is 19.6. The number of rotatable bonds is 7. The Kier molecular flexibility index (Phi) is 15.1. The molecule has 0 saturated heterocycles. The van der Waals surface area contributed by atoms with Crippen molar-refractivity contribution in [2.75, 3.05) is 20.2 Å². The van der Waals surface area contributed by atoms with Gasteiger partial charge in [-0.15, -0.1) is 0 Å². The van der Waals surface area contributed by atoms with Gasteiger partial charge in [-0.25, -0.2) is 5.48 Å². The van der Waals surface area contributed by atoms with Gasteiger partial charge in [0.05, 0.1) is 12.5 Å². The molecule has 0 fully saturated rings. The minimum atomic E-state index is -0.696. The fourth-order valence-corrected chi connectivity index (χ4v) is 2.58. The quantitative estimate of drug-likeness (QED) is 0.329. The molecule has 0 bridgehead atoms. The van der Waals surface area contributed by atoms with Crippen LogP contribution in [0.3, 0.4) is 0 Å². The summed E-state index contributed by atoms with van der Waals surface area (Å²) in [5.41, 5.74) is 2.44. The fourth-order valence-electron chi connectivity index (χ4n) is 2.58. The third-order valence-electron chi connectivity index (χ3n) is 3.93. The van der Waals surface area contributed by atoms with Crippen LogP contribution in [-0.4, -0.2) is 48.2 Å². The third-order valence-corrected chi connectivity index (χ3v) is 3.93. The number of benzene rings is 2. The molecule has 5 N–H and O–H groups in total. The van der Waals surface area contributed by atoms with Crippen molar-refractivity contribution in [2.45, 2.75) is 40.5 Å². The van der Waals surface area contributed by atoms with Crippen LogP contribution in [-0.2, 0) is 20.8 Å². The maximum atomic E-state index is 12.3. The van der Waals surface area contributed by atoms with Crippen LogP contribution in [0, 0.1) is 11.8 Å². The van der Waals surface area contributed by atoms with Crippen LogP contribution in [0.5, 0.6) is 0 Å². The Bertz CT molecular complexity index is 836. The van der Waals surface area contributed by atoms with Gasteiger partial charge in [0.2, 0.25) is 17.7 Å². The highest BCUT2D eigenvalue weighted by molar-refractivity contribution is 5.89. The number of hydrogen-bond donors (Lipinski definition) is 5. The van der Waals surface area contributed by atoms with Crippen molar-refractivity contribution >= 4 is 28.5 Å². The molecule has 2 aromatic rings. The Balaban J connectivity index is 0.00000121. The summed E-state index contributed by atoms with van der Waals surface area (Å²) in [5, 5.41) is 23.3. The van der Waals surface area contributed by atoms with Gasteiger partial charge in [0, 0.05) is 20.1 Å². The number of nitrogens with one attached hydrogen (secondary N) is 3. The highest BCUT2D eigenvalue weighted by Crippen LogP contribution is 2.19. The first-order valence-electron chi connectivity index (χ1n) is 10.7. The number of likely N-dealkylation sites (N-methyl/N-ethyl adjacent to an activating group) is 1. The minimum Gasteiger partial charge on any atom is -0.397 e. The predicted octanol–water partition coefficient (Wildman–Crippen LogP) is 2.42. The van der Waals surface area contributed by atoms with Gasteiger partial charge >= 0.3 is 0 Å². The summed E-state index contributed by atoms with van der Waals surface area (Å²) in [7, 11) is 1.47. The van der Waals surface area contributed by atoms with Gasteiger partial charge in [-0.05, 0) is 35.6 Å². The van der Waals surface area contributed by atoms with E-state index in [1.165, 1.54) is 7.05 Å². The Labute approximate surface area is 190 Å². The molecule has 0 saturated carbocycles. The standard InChI is InChI=1S/C18H21N3O4.C4H10.C2H6O/c1-19-17(23)11-20-18(24)15(10-16(22)21-25)9-12-6-7-13-4-2-3-5-14(13)8-12;1-4(2)3;1-2-3/h2-8,15,25H,9-11H2,1H3,(H,19,23)(H,20,24)(H,21,22);4H,1-3H3;3H,2H2,1H3. The van der Waals surface area contributed by atoms with Gasteiger partial charge in [0.25, 0.3) is 0 Å². The van der Waals surface area contributed by atoms with E-state index in [4.69, 9.17) is 10.3 Å². The molecule has 0 aromatic heterocycles. The van der Waals surface area contributed by atoms with Crippen molar-refractivity contribution in [3.63, 3.8) is 0 Å². The first kappa shape index (κ1) is 29.0. The van der Waals surface area contributed by atoms with Crippen molar-refractivity contribution < 1.29 is 24.7 Å². The Morgan fingerprint density at radius 1 is 0.969 bits per heavy atom. The van der Waals surface area contributed by atoms with E-state index in [0.29, 0.717) is 6.42 Å². The number of aliphatic hydroxyl groups is 1. The molecule has 8 heteroatoms. The second kappa shape index (κ2) is 16.7. The van der Waals surface area contributed by atoms with E-state index in [1.807, 2.05) is 42.5 Å². The van der Waals surface area contributed by atoms with Crippen LogP contribution >= 0.6 is 0 Å². The van der Waals surface area contributed by atoms with E-state index in [0.717, 1.165) is 22.3 Å². The summed E-state index contributed by atoms with van der Waals surface area (Å²) in [6.07, 6.45) is 0.140. The number of carbonyl (C=O) groups excluding carboxylic acids is 3. The van der Waals surface area contributed by atoms with Crippen LogP contribution in [0.25, 0.3) is 10.8 Å². The molecule has 3 amide bonds. The maximum absolute atomic E-state index is 12.3. The Morgan fingerprint density at radius 2 is 1.53 bits per heavy atom. The number of fused-ring (bicyclic) bond motifs is 1. The number of aliphatic hydroxyl groups excluding tert-OH is 1. The topological polar surface area (TPSA) is 128 Å². The van der Waals surface area contributed by atoms with Gasteiger partial charge < -0.3 is 15.7 Å². The average molecular weight is 448 g/mol. The van der Waals surface area contributed by atoms with Gasteiger partial charge in [-0.2, -0.15) is 0 Å².